The Labute approximate surface area is 200 Å². The highest BCUT2D eigenvalue weighted by molar-refractivity contribution is 6.35. The van der Waals surface area contributed by atoms with Crippen LogP contribution >= 0.6 is 0 Å². The van der Waals surface area contributed by atoms with E-state index in [1.54, 1.807) is 0 Å². The first-order valence-corrected chi connectivity index (χ1v) is 11.9. The van der Waals surface area contributed by atoms with Crippen molar-refractivity contribution in [3.63, 3.8) is 0 Å². The number of aryl methyl sites for hydroxylation is 1. The third-order valence-electron chi connectivity index (χ3n) is 6.67. The third kappa shape index (κ3) is 4.34. The Kier molecular flexibility index (Phi) is 6.17. The van der Waals surface area contributed by atoms with Crippen LogP contribution in [0.25, 0.3) is 5.57 Å². The molecule has 0 aliphatic carbocycles. The summed E-state index contributed by atoms with van der Waals surface area (Å²) in [4.78, 5) is 33.1. The second-order valence-electron chi connectivity index (χ2n) is 8.90. The van der Waals surface area contributed by atoms with Crippen LogP contribution in [0.15, 0.2) is 90.6 Å². The topological polar surface area (TPSA) is 43.9 Å². The number of anilines is 1. The van der Waals surface area contributed by atoms with Gasteiger partial charge in [0.2, 0.25) is 0 Å². The standard InChI is InChI=1S/C29H29N3O2/c1-22-12-14-24(15-13-22)26-27(31-20-18-30(19-21-31)25-10-6-3-7-11-25)29(34)32(28(26)33)17-16-23-8-4-2-5-9-23/h2-15H,16-21H2,1H3. The van der Waals surface area contributed by atoms with Crippen molar-refractivity contribution in [2.75, 3.05) is 37.6 Å². The highest BCUT2D eigenvalue weighted by atomic mass is 16.2. The van der Waals surface area contributed by atoms with Gasteiger partial charge < -0.3 is 9.80 Å². The van der Waals surface area contributed by atoms with Crippen molar-refractivity contribution in [3.8, 4) is 0 Å². The molecular weight excluding hydrogens is 422 g/mol. The number of rotatable bonds is 6. The summed E-state index contributed by atoms with van der Waals surface area (Å²) in [5.74, 6) is -0.366. The molecule has 0 spiro atoms. The number of carbonyl (C=O) groups excluding carboxylic acids is 2. The van der Waals surface area contributed by atoms with Gasteiger partial charge in [0.05, 0.1) is 5.57 Å². The fourth-order valence-electron chi connectivity index (χ4n) is 4.75. The molecule has 0 N–H and O–H groups in total. The fraction of sp³-hybridized carbons (Fsp3) is 0.241. The number of para-hydroxylation sites is 1. The zero-order valence-electron chi connectivity index (χ0n) is 19.5. The Hall–Kier alpha value is -3.86. The lowest BCUT2D eigenvalue weighted by Gasteiger charge is -2.37. The van der Waals surface area contributed by atoms with Gasteiger partial charge in [-0.05, 0) is 36.6 Å². The van der Waals surface area contributed by atoms with Gasteiger partial charge in [0.15, 0.2) is 0 Å². The molecule has 0 saturated carbocycles. The highest BCUT2D eigenvalue weighted by Gasteiger charge is 2.41. The average molecular weight is 452 g/mol. The van der Waals surface area contributed by atoms with Crippen LogP contribution in [-0.2, 0) is 16.0 Å². The lowest BCUT2D eigenvalue weighted by molar-refractivity contribution is -0.137. The lowest BCUT2D eigenvalue weighted by atomic mass is 10.0. The van der Waals surface area contributed by atoms with Crippen molar-refractivity contribution in [3.05, 3.63) is 107 Å². The molecule has 2 heterocycles. The Morgan fingerprint density at radius 2 is 1.26 bits per heavy atom. The number of carbonyl (C=O) groups is 2. The van der Waals surface area contributed by atoms with Gasteiger partial charge >= 0.3 is 0 Å². The van der Waals surface area contributed by atoms with E-state index in [1.807, 2.05) is 79.7 Å². The van der Waals surface area contributed by atoms with Gasteiger partial charge in [-0.1, -0.05) is 78.4 Å². The molecule has 5 nitrogen and oxygen atoms in total. The van der Waals surface area contributed by atoms with Crippen molar-refractivity contribution in [1.29, 1.82) is 0 Å². The molecule has 0 bridgehead atoms. The minimum absolute atomic E-state index is 0.176. The first-order valence-electron chi connectivity index (χ1n) is 11.9. The van der Waals surface area contributed by atoms with Gasteiger partial charge in [-0.15, -0.1) is 0 Å². The van der Waals surface area contributed by atoms with Crippen molar-refractivity contribution in [2.45, 2.75) is 13.3 Å². The number of hydrogen-bond donors (Lipinski definition) is 0. The van der Waals surface area contributed by atoms with Crippen molar-refractivity contribution in [1.82, 2.24) is 9.80 Å². The van der Waals surface area contributed by atoms with E-state index in [9.17, 15) is 9.59 Å². The van der Waals surface area contributed by atoms with Crippen LogP contribution in [0.1, 0.15) is 16.7 Å². The molecule has 2 aliphatic rings. The number of amides is 2. The molecule has 5 heteroatoms. The first-order chi connectivity index (χ1) is 16.6. The molecule has 2 aliphatic heterocycles. The van der Waals surface area contributed by atoms with Crippen LogP contribution in [0.3, 0.4) is 0 Å². The molecule has 0 unspecified atom stereocenters. The molecule has 172 valence electrons. The Balaban J connectivity index is 1.41. The van der Waals surface area contributed by atoms with Crippen LogP contribution in [0.4, 0.5) is 5.69 Å². The van der Waals surface area contributed by atoms with E-state index in [0.717, 1.165) is 29.8 Å². The van der Waals surface area contributed by atoms with Gasteiger partial charge in [0.1, 0.15) is 5.70 Å². The van der Waals surface area contributed by atoms with Crippen molar-refractivity contribution < 1.29 is 9.59 Å². The number of piperazine rings is 1. The molecule has 0 radical (unpaired) electrons. The van der Waals surface area contributed by atoms with E-state index in [1.165, 1.54) is 10.6 Å². The van der Waals surface area contributed by atoms with Gasteiger partial charge in [0.25, 0.3) is 11.8 Å². The average Bonchev–Trinajstić information content (AvgIpc) is 3.13. The van der Waals surface area contributed by atoms with Crippen LogP contribution in [0.5, 0.6) is 0 Å². The van der Waals surface area contributed by atoms with Crippen LogP contribution in [0.2, 0.25) is 0 Å². The number of nitrogens with zero attached hydrogens (tertiary/aromatic N) is 3. The normalized spacial score (nSPS) is 16.6. The first kappa shape index (κ1) is 22.0. The quantitative estimate of drug-likeness (QED) is 0.529. The van der Waals surface area contributed by atoms with Crippen LogP contribution < -0.4 is 4.90 Å². The van der Waals surface area contributed by atoms with Gasteiger partial charge in [0, 0.05) is 38.4 Å². The van der Waals surface area contributed by atoms with E-state index < -0.39 is 0 Å². The summed E-state index contributed by atoms with van der Waals surface area (Å²) in [5.41, 5.74) is 5.32. The molecule has 34 heavy (non-hydrogen) atoms. The Morgan fingerprint density at radius 3 is 1.91 bits per heavy atom. The van der Waals surface area contributed by atoms with E-state index in [0.29, 0.717) is 37.3 Å². The number of imide groups is 1. The van der Waals surface area contributed by atoms with E-state index in [4.69, 9.17) is 0 Å². The summed E-state index contributed by atoms with van der Waals surface area (Å²) >= 11 is 0. The monoisotopic (exact) mass is 451 g/mol. The summed E-state index contributed by atoms with van der Waals surface area (Å²) in [6.07, 6.45) is 0.647. The van der Waals surface area contributed by atoms with Crippen molar-refractivity contribution >= 4 is 23.1 Å². The molecule has 1 saturated heterocycles. The highest BCUT2D eigenvalue weighted by Crippen LogP contribution is 2.33. The minimum Gasteiger partial charge on any atom is -0.368 e. The Morgan fingerprint density at radius 1 is 0.676 bits per heavy atom. The predicted molar refractivity (Wildman–Crippen MR) is 135 cm³/mol. The summed E-state index contributed by atoms with van der Waals surface area (Å²) in [6.45, 7) is 5.41. The summed E-state index contributed by atoms with van der Waals surface area (Å²) < 4.78 is 0. The minimum atomic E-state index is -0.190. The smallest absolute Gasteiger partial charge is 0.277 e. The number of benzene rings is 3. The molecule has 0 atom stereocenters. The van der Waals surface area contributed by atoms with E-state index in [2.05, 4.69) is 21.9 Å². The maximum Gasteiger partial charge on any atom is 0.277 e. The third-order valence-corrected chi connectivity index (χ3v) is 6.67. The predicted octanol–water partition coefficient (Wildman–Crippen LogP) is 4.14. The zero-order chi connectivity index (χ0) is 23.5. The second-order valence-corrected chi connectivity index (χ2v) is 8.90. The molecule has 0 aromatic heterocycles. The molecule has 1 fully saturated rings. The SMILES string of the molecule is Cc1ccc(C2=C(N3CCN(c4ccccc4)CC3)C(=O)N(CCc3ccccc3)C2=O)cc1. The zero-order valence-corrected chi connectivity index (χ0v) is 19.5. The summed E-state index contributed by atoms with van der Waals surface area (Å²) in [5, 5.41) is 0. The summed E-state index contributed by atoms with van der Waals surface area (Å²) in [7, 11) is 0. The van der Waals surface area contributed by atoms with Crippen LogP contribution in [0, 0.1) is 6.92 Å². The second kappa shape index (κ2) is 9.56. The summed E-state index contributed by atoms with van der Waals surface area (Å²) in [6, 6.07) is 28.2. The largest absolute Gasteiger partial charge is 0.368 e. The van der Waals surface area contributed by atoms with Gasteiger partial charge in [-0.3, -0.25) is 14.5 Å². The van der Waals surface area contributed by atoms with Crippen molar-refractivity contribution in [2.24, 2.45) is 0 Å². The Bertz CT molecular complexity index is 1200. The number of hydrogen-bond acceptors (Lipinski definition) is 4. The molecule has 5 rings (SSSR count). The maximum absolute atomic E-state index is 13.6. The molecular formula is C29H29N3O2. The van der Waals surface area contributed by atoms with Gasteiger partial charge in [-0.25, -0.2) is 0 Å². The lowest BCUT2D eigenvalue weighted by Crippen LogP contribution is -2.47. The maximum atomic E-state index is 13.6. The fourth-order valence-corrected chi connectivity index (χ4v) is 4.75. The van der Waals surface area contributed by atoms with Crippen LogP contribution in [-0.4, -0.2) is 54.3 Å². The van der Waals surface area contributed by atoms with E-state index in [-0.39, 0.29) is 11.8 Å². The molecule has 2 amide bonds. The molecule has 3 aromatic rings. The van der Waals surface area contributed by atoms with Gasteiger partial charge in [-0.2, -0.15) is 0 Å². The molecule has 3 aromatic carbocycles. The van der Waals surface area contributed by atoms with E-state index >= 15 is 0 Å².